The third-order valence-electron chi connectivity index (χ3n) is 5.29. The van der Waals surface area contributed by atoms with E-state index in [2.05, 4.69) is 10.4 Å². The summed E-state index contributed by atoms with van der Waals surface area (Å²) in [5, 5.41) is 7.38. The molecule has 0 radical (unpaired) electrons. The van der Waals surface area contributed by atoms with Gasteiger partial charge in [0.25, 0.3) is 5.91 Å². The summed E-state index contributed by atoms with van der Waals surface area (Å²) in [7, 11) is 0. The maximum Gasteiger partial charge on any atom is 0.252 e. The number of aromatic nitrogens is 2. The van der Waals surface area contributed by atoms with Crippen LogP contribution in [-0.4, -0.2) is 27.2 Å². The topological polar surface area (TPSA) is 72.4 Å². The fourth-order valence-electron chi connectivity index (χ4n) is 3.76. The molecule has 3 aromatic rings. The number of amides is 1. The average Bonchev–Trinajstić information content (AvgIpc) is 3.18. The van der Waals surface area contributed by atoms with Crippen molar-refractivity contribution in [2.75, 3.05) is 5.32 Å². The quantitative estimate of drug-likeness (QED) is 0.731. The number of primary amides is 1. The summed E-state index contributed by atoms with van der Waals surface area (Å²) in [5.41, 5.74) is 6.32. The van der Waals surface area contributed by atoms with Crippen molar-refractivity contribution in [3.8, 4) is 11.1 Å². The monoisotopic (exact) mass is 370 g/mol. The van der Waals surface area contributed by atoms with E-state index in [0.29, 0.717) is 35.2 Å². The first-order chi connectivity index (χ1) is 12.9. The van der Waals surface area contributed by atoms with E-state index >= 15 is 0 Å². The lowest BCUT2D eigenvalue weighted by Gasteiger charge is -2.26. The molecule has 1 fully saturated rings. The Labute approximate surface area is 155 Å². The van der Waals surface area contributed by atoms with Gasteiger partial charge in [0.2, 0.25) is 0 Å². The Kier molecular flexibility index (Phi) is 4.09. The van der Waals surface area contributed by atoms with E-state index in [4.69, 9.17) is 5.73 Å². The summed E-state index contributed by atoms with van der Waals surface area (Å²) in [5.74, 6) is -1.01. The summed E-state index contributed by atoms with van der Waals surface area (Å²) < 4.78 is 30.5. The number of nitrogens with two attached hydrogens (primary N) is 1. The van der Waals surface area contributed by atoms with Crippen LogP contribution in [0.4, 0.5) is 14.5 Å². The Morgan fingerprint density at radius 2 is 2.19 bits per heavy atom. The highest BCUT2D eigenvalue weighted by Gasteiger charge is 2.39. The zero-order valence-electron chi connectivity index (χ0n) is 14.9. The molecule has 2 aromatic heterocycles. The second kappa shape index (κ2) is 6.33. The summed E-state index contributed by atoms with van der Waals surface area (Å²) >= 11 is 0. The molecule has 4 rings (SSSR count). The lowest BCUT2D eigenvalue weighted by atomic mass is 10.0. The van der Waals surface area contributed by atoms with Gasteiger partial charge in [0.15, 0.2) is 0 Å². The molecule has 1 aliphatic rings. The molecule has 140 valence electrons. The Balaban J connectivity index is 1.86. The van der Waals surface area contributed by atoms with Crippen LogP contribution in [0.25, 0.3) is 16.6 Å². The smallest absolute Gasteiger partial charge is 0.252 e. The molecule has 1 saturated carbocycles. The molecular weight excluding hydrogens is 350 g/mol. The summed E-state index contributed by atoms with van der Waals surface area (Å²) in [6.07, 6.45) is 4.90. The fourth-order valence-corrected chi connectivity index (χ4v) is 3.76. The van der Waals surface area contributed by atoms with Crippen molar-refractivity contribution in [1.29, 1.82) is 0 Å². The van der Waals surface area contributed by atoms with E-state index in [1.807, 2.05) is 0 Å². The van der Waals surface area contributed by atoms with Gasteiger partial charge in [-0.25, -0.2) is 13.3 Å². The fraction of sp³-hybridized carbons (Fsp3) is 0.300. The van der Waals surface area contributed by atoms with E-state index in [9.17, 15) is 13.6 Å². The number of hydrogen-bond donors (Lipinski definition) is 2. The van der Waals surface area contributed by atoms with Gasteiger partial charge >= 0.3 is 0 Å². The summed E-state index contributed by atoms with van der Waals surface area (Å²) in [6.45, 7) is 1.56. The van der Waals surface area contributed by atoms with Gasteiger partial charge in [0.05, 0.1) is 29.0 Å². The number of nitrogens with one attached hydrogen (secondary N) is 1. The van der Waals surface area contributed by atoms with Crippen molar-refractivity contribution in [2.24, 2.45) is 5.73 Å². The Morgan fingerprint density at radius 3 is 2.85 bits per heavy atom. The predicted molar refractivity (Wildman–Crippen MR) is 99.9 cm³/mol. The highest BCUT2D eigenvalue weighted by atomic mass is 19.1. The molecule has 3 N–H and O–H groups in total. The number of nitrogens with zero attached hydrogens (tertiary/aromatic N) is 2. The highest BCUT2D eigenvalue weighted by Crippen LogP contribution is 2.37. The number of halogens is 2. The molecule has 0 saturated heterocycles. The standard InChI is InChI=1S/C20H20F2N4O/c1-20(22)8-4-7-17(20)25-18-14(19(23)27)10-24-26-11-12(9-16(18)26)13-5-2-3-6-15(13)21/h2-3,5-6,9-11,17,25H,4,7-8H2,1H3,(H2,23,27)/t17-,20+/m1/s1. The lowest BCUT2D eigenvalue weighted by molar-refractivity contribution is 0.1000. The second-order valence-electron chi connectivity index (χ2n) is 7.20. The Hall–Kier alpha value is -2.96. The normalized spacial score (nSPS) is 22.3. The van der Waals surface area contributed by atoms with Gasteiger partial charge in [-0.3, -0.25) is 4.79 Å². The van der Waals surface area contributed by atoms with Crippen LogP contribution in [0.15, 0.2) is 42.7 Å². The van der Waals surface area contributed by atoms with Crippen LogP contribution in [-0.2, 0) is 0 Å². The number of carbonyl (C=O) groups is 1. The minimum atomic E-state index is -1.38. The average molecular weight is 370 g/mol. The number of carbonyl (C=O) groups excluding carboxylic acids is 1. The molecule has 27 heavy (non-hydrogen) atoms. The SMILES string of the molecule is C[C@]1(F)CCC[C@H]1Nc1c(C(N)=O)cnn2cc(-c3ccccc3F)cc12. The zero-order valence-corrected chi connectivity index (χ0v) is 14.9. The van der Waals surface area contributed by atoms with Crippen LogP contribution in [0.1, 0.15) is 36.5 Å². The Bertz CT molecular complexity index is 1030. The van der Waals surface area contributed by atoms with E-state index in [1.54, 1.807) is 41.9 Å². The first-order valence-corrected chi connectivity index (χ1v) is 8.88. The van der Waals surface area contributed by atoms with E-state index in [1.165, 1.54) is 12.3 Å². The van der Waals surface area contributed by atoms with Crippen LogP contribution in [0.3, 0.4) is 0 Å². The molecular formula is C20H20F2N4O. The van der Waals surface area contributed by atoms with Crippen molar-refractivity contribution < 1.29 is 13.6 Å². The van der Waals surface area contributed by atoms with Crippen molar-refractivity contribution in [3.63, 3.8) is 0 Å². The van der Waals surface area contributed by atoms with Crippen molar-refractivity contribution >= 4 is 17.1 Å². The minimum absolute atomic E-state index is 0.184. The summed E-state index contributed by atoms with van der Waals surface area (Å²) in [4.78, 5) is 11.9. The number of benzene rings is 1. The molecule has 1 aliphatic carbocycles. The van der Waals surface area contributed by atoms with Gasteiger partial charge in [0.1, 0.15) is 11.5 Å². The molecule has 5 nitrogen and oxygen atoms in total. The molecule has 0 spiro atoms. The molecule has 0 unspecified atom stereocenters. The number of rotatable bonds is 4. The van der Waals surface area contributed by atoms with Crippen LogP contribution in [0.5, 0.6) is 0 Å². The minimum Gasteiger partial charge on any atom is -0.377 e. The van der Waals surface area contributed by atoms with E-state index < -0.39 is 17.6 Å². The molecule has 7 heteroatoms. The number of alkyl halides is 1. The number of anilines is 1. The molecule has 0 bridgehead atoms. The lowest BCUT2D eigenvalue weighted by Crippen LogP contribution is -2.36. The maximum atomic E-state index is 14.8. The van der Waals surface area contributed by atoms with Gasteiger partial charge in [-0.1, -0.05) is 18.2 Å². The first-order valence-electron chi connectivity index (χ1n) is 8.88. The van der Waals surface area contributed by atoms with Gasteiger partial charge in [-0.15, -0.1) is 0 Å². The number of hydrogen-bond acceptors (Lipinski definition) is 3. The van der Waals surface area contributed by atoms with Gasteiger partial charge < -0.3 is 11.1 Å². The first kappa shape index (κ1) is 17.5. The third-order valence-corrected chi connectivity index (χ3v) is 5.29. The van der Waals surface area contributed by atoms with Gasteiger partial charge in [-0.2, -0.15) is 5.10 Å². The van der Waals surface area contributed by atoms with E-state index in [0.717, 1.165) is 6.42 Å². The van der Waals surface area contributed by atoms with Crippen LogP contribution in [0.2, 0.25) is 0 Å². The second-order valence-corrected chi connectivity index (χ2v) is 7.20. The zero-order chi connectivity index (χ0) is 19.2. The van der Waals surface area contributed by atoms with Gasteiger partial charge in [0, 0.05) is 17.3 Å². The van der Waals surface area contributed by atoms with Crippen molar-refractivity contribution in [2.45, 2.75) is 37.9 Å². The highest BCUT2D eigenvalue weighted by molar-refractivity contribution is 6.02. The van der Waals surface area contributed by atoms with Gasteiger partial charge in [-0.05, 0) is 38.3 Å². The largest absolute Gasteiger partial charge is 0.377 e. The van der Waals surface area contributed by atoms with Crippen LogP contribution in [0, 0.1) is 5.82 Å². The molecule has 2 heterocycles. The molecule has 1 aromatic carbocycles. The Morgan fingerprint density at radius 1 is 1.41 bits per heavy atom. The summed E-state index contributed by atoms with van der Waals surface area (Å²) in [6, 6.07) is 7.70. The van der Waals surface area contributed by atoms with E-state index in [-0.39, 0.29) is 11.4 Å². The molecule has 2 atom stereocenters. The van der Waals surface area contributed by atoms with Crippen molar-refractivity contribution in [3.05, 3.63) is 54.1 Å². The number of fused-ring (bicyclic) bond motifs is 1. The van der Waals surface area contributed by atoms with Crippen LogP contribution >= 0.6 is 0 Å². The predicted octanol–water partition coefficient (Wildman–Crippen LogP) is 3.93. The molecule has 0 aliphatic heterocycles. The van der Waals surface area contributed by atoms with Crippen LogP contribution < -0.4 is 11.1 Å². The molecule has 1 amide bonds. The third kappa shape index (κ3) is 3.03. The maximum absolute atomic E-state index is 14.8. The van der Waals surface area contributed by atoms with Crippen molar-refractivity contribution in [1.82, 2.24) is 9.61 Å².